The van der Waals surface area contributed by atoms with Crippen molar-refractivity contribution in [2.45, 2.75) is 76.4 Å². The van der Waals surface area contributed by atoms with Crippen LogP contribution in [-0.4, -0.2) is 36.6 Å². The Kier molecular flexibility index (Phi) is 4.66. The highest BCUT2D eigenvalue weighted by Crippen LogP contribution is 2.30. The lowest BCUT2D eigenvalue weighted by Crippen LogP contribution is -2.50. The number of hydrogen-bond acceptors (Lipinski definition) is 2. The number of nitrogens with zero attached hydrogens (tertiary/aromatic N) is 1. The number of nitrogens with one attached hydrogen (secondary N) is 1. The first-order valence-corrected chi connectivity index (χ1v) is 7.29. The summed E-state index contributed by atoms with van der Waals surface area (Å²) in [5.41, 5.74) is 0. The lowest BCUT2D eigenvalue weighted by atomic mass is 9.92. The van der Waals surface area contributed by atoms with E-state index in [0.29, 0.717) is 0 Å². The van der Waals surface area contributed by atoms with Crippen LogP contribution in [-0.2, 0) is 0 Å². The van der Waals surface area contributed by atoms with Gasteiger partial charge in [-0.15, -0.1) is 0 Å². The van der Waals surface area contributed by atoms with Gasteiger partial charge in [0.05, 0.1) is 0 Å². The van der Waals surface area contributed by atoms with Crippen molar-refractivity contribution in [3.05, 3.63) is 0 Å². The van der Waals surface area contributed by atoms with Crippen molar-refractivity contribution in [1.82, 2.24) is 10.2 Å². The molecule has 2 nitrogen and oxygen atoms in total. The molecule has 2 rings (SSSR count). The van der Waals surface area contributed by atoms with Crippen LogP contribution in [0.5, 0.6) is 0 Å². The fourth-order valence-electron chi connectivity index (χ4n) is 3.85. The summed E-state index contributed by atoms with van der Waals surface area (Å²) >= 11 is 0. The van der Waals surface area contributed by atoms with Gasteiger partial charge >= 0.3 is 0 Å². The van der Waals surface area contributed by atoms with Gasteiger partial charge < -0.3 is 5.32 Å². The number of rotatable bonds is 4. The molecule has 2 aliphatic carbocycles. The average Bonchev–Trinajstić information content (AvgIpc) is 2.80. The monoisotopic (exact) mass is 224 g/mol. The van der Waals surface area contributed by atoms with Crippen LogP contribution in [0.25, 0.3) is 0 Å². The summed E-state index contributed by atoms with van der Waals surface area (Å²) in [6.07, 6.45) is 11.5. The maximum Gasteiger partial charge on any atom is 0.0252 e. The van der Waals surface area contributed by atoms with E-state index in [-0.39, 0.29) is 0 Å². The van der Waals surface area contributed by atoms with Gasteiger partial charge in [-0.1, -0.05) is 32.6 Å². The molecule has 0 aromatic carbocycles. The molecule has 0 aromatic rings. The van der Waals surface area contributed by atoms with E-state index in [0.717, 1.165) is 18.1 Å². The third kappa shape index (κ3) is 2.60. The second kappa shape index (κ2) is 6.02. The van der Waals surface area contributed by atoms with Crippen LogP contribution < -0.4 is 5.32 Å². The molecule has 0 radical (unpaired) electrons. The molecule has 2 saturated carbocycles. The van der Waals surface area contributed by atoms with Gasteiger partial charge in [-0.05, 0) is 39.3 Å². The standard InChI is InChI=1S/C14H28N2/c1-3-16(12-8-5-4-6-9-12)14-11-7-10-13(14)15-2/h12-15H,3-11H2,1-2H3. The largest absolute Gasteiger partial charge is 0.315 e. The Bertz CT molecular complexity index is 199. The van der Waals surface area contributed by atoms with Gasteiger partial charge in [0.2, 0.25) is 0 Å². The fraction of sp³-hybridized carbons (Fsp3) is 1.00. The molecule has 1 N–H and O–H groups in total. The van der Waals surface area contributed by atoms with Gasteiger partial charge in [0, 0.05) is 18.1 Å². The van der Waals surface area contributed by atoms with Crippen molar-refractivity contribution in [3.63, 3.8) is 0 Å². The average molecular weight is 224 g/mol. The fourth-order valence-corrected chi connectivity index (χ4v) is 3.85. The number of hydrogen-bond donors (Lipinski definition) is 1. The molecule has 2 unspecified atom stereocenters. The van der Waals surface area contributed by atoms with Gasteiger partial charge in [0.15, 0.2) is 0 Å². The molecule has 0 spiro atoms. The van der Waals surface area contributed by atoms with Gasteiger partial charge in [0.1, 0.15) is 0 Å². The molecule has 0 saturated heterocycles. The van der Waals surface area contributed by atoms with Crippen molar-refractivity contribution >= 4 is 0 Å². The predicted octanol–water partition coefficient (Wildman–Crippen LogP) is 2.78. The van der Waals surface area contributed by atoms with Crippen molar-refractivity contribution in [2.24, 2.45) is 0 Å². The Morgan fingerprint density at radius 1 is 1.00 bits per heavy atom. The summed E-state index contributed by atoms with van der Waals surface area (Å²) in [5.74, 6) is 0. The zero-order chi connectivity index (χ0) is 11.4. The van der Waals surface area contributed by atoms with Crippen LogP contribution in [0, 0.1) is 0 Å². The van der Waals surface area contributed by atoms with Crippen LogP contribution in [0.2, 0.25) is 0 Å². The van der Waals surface area contributed by atoms with Gasteiger partial charge in [-0.25, -0.2) is 0 Å². The van der Waals surface area contributed by atoms with Crippen molar-refractivity contribution in [1.29, 1.82) is 0 Å². The van der Waals surface area contributed by atoms with E-state index >= 15 is 0 Å². The molecule has 0 bridgehead atoms. The van der Waals surface area contributed by atoms with Crippen LogP contribution >= 0.6 is 0 Å². The maximum absolute atomic E-state index is 3.53. The quantitative estimate of drug-likeness (QED) is 0.790. The predicted molar refractivity (Wildman–Crippen MR) is 69.7 cm³/mol. The van der Waals surface area contributed by atoms with E-state index in [4.69, 9.17) is 0 Å². The summed E-state index contributed by atoms with van der Waals surface area (Å²) in [7, 11) is 2.14. The molecule has 2 fully saturated rings. The third-order valence-electron chi connectivity index (χ3n) is 4.69. The molecule has 0 aliphatic heterocycles. The molecule has 16 heavy (non-hydrogen) atoms. The summed E-state index contributed by atoms with van der Waals surface area (Å²) < 4.78 is 0. The molecule has 0 heterocycles. The molecule has 94 valence electrons. The zero-order valence-corrected chi connectivity index (χ0v) is 11.0. The Hall–Kier alpha value is -0.0800. The highest BCUT2D eigenvalue weighted by atomic mass is 15.2. The van der Waals surface area contributed by atoms with Crippen molar-refractivity contribution in [3.8, 4) is 0 Å². The number of likely N-dealkylation sites (N-methyl/N-ethyl adjacent to an activating group) is 2. The second-order valence-corrected chi connectivity index (χ2v) is 5.52. The molecule has 2 atom stereocenters. The van der Waals surface area contributed by atoms with E-state index in [1.54, 1.807) is 0 Å². The van der Waals surface area contributed by atoms with E-state index in [2.05, 4.69) is 24.2 Å². The lowest BCUT2D eigenvalue weighted by Gasteiger charge is -2.40. The minimum absolute atomic E-state index is 0.752. The molecule has 0 amide bonds. The smallest absolute Gasteiger partial charge is 0.0252 e. The van der Waals surface area contributed by atoms with Crippen LogP contribution in [0.3, 0.4) is 0 Å². The summed E-state index contributed by atoms with van der Waals surface area (Å²) in [6.45, 7) is 3.59. The second-order valence-electron chi connectivity index (χ2n) is 5.52. The van der Waals surface area contributed by atoms with Gasteiger partial charge in [-0.3, -0.25) is 4.90 Å². The Balaban J connectivity index is 1.97. The van der Waals surface area contributed by atoms with Gasteiger partial charge in [0.25, 0.3) is 0 Å². The topological polar surface area (TPSA) is 15.3 Å². The van der Waals surface area contributed by atoms with Gasteiger partial charge in [-0.2, -0.15) is 0 Å². The van der Waals surface area contributed by atoms with E-state index in [1.807, 2.05) is 0 Å². The van der Waals surface area contributed by atoms with E-state index in [1.165, 1.54) is 57.9 Å². The molecule has 2 heteroatoms. The summed E-state index contributed by atoms with van der Waals surface area (Å²) in [5, 5.41) is 3.53. The SMILES string of the molecule is CCN(C1CCCCC1)C1CCCC1NC. The van der Waals surface area contributed by atoms with Crippen molar-refractivity contribution < 1.29 is 0 Å². The van der Waals surface area contributed by atoms with Crippen LogP contribution in [0.1, 0.15) is 58.3 Å². The van der Waals surface area contributed by atoms with E-state index in [9.17, 15) is 0 Å². The normalized spacial score (nSPS) is 32.4. The highest BCUT2D eigenvalue weighted by Gasteiger charge is 2.34. The molecule has 2 aliphatic rings. The molecular weight excluding hydrogens is 196 g/mol. The van der Waals surface area contributed by atoms with Crippen LogP contribution in [0.15, 0.2) is 0 Å². The Morgan fingerprint density at radius 3 is 2.38 bits per heavy atom. The summed E-state index contributed by atoms with van der Waals surface area (Å²) in [4.78, 5) is 2.81. The van der Waals surface area contributed by atoms with Crippen molar-refractivity contribution in [2.75, 3.05) is 13.6 Å². The summed E-state index contributed by atoms with van der Waals surface area (Å²) in [6, 6.07) is 2.46. The lowest BCUT2D eigenvalue weighted by molar-refractivity contribution is 0.0987. The Labute approximate surface area is 101 Å². The minimum Gasteiger partial charge on any atom is -0.315 e. The first kappa shape index (κ1) is 12.4. The Morgan fingerprint density at radius 2 is 1.75 bits per heavy atom. The molecule has 0 aromatic heterocycles. The van der Waals surface area contributed by atoms with Crippen LogP contribution in [0.4, 0.5) is 0 Å². The highest BCUT2D eigenvalue weighted by molar-refractivity contribution is 4.92. The minimum atomic E-state index is 0.752. The maximum atomic E-state index is 3.53. The molecular formula is C14H28N2. The zero-order valence-electron chi connectivity index (χ0n) is 11.0. The first-order chi connectivity index (χ1) is 7.86. The van der Waals surface area contributed by atoms with E-state index < -0.39 is 0 Å². The first-order valence-electron chi connectivity index (χ1n) is 7.29. The third-order valence-corrected chi connectivity index (χ3v) is 4.69.